The summed E-state index contributed by atoms with van der Waals surface area (Å²) >= 11 is 0. The molecule has 2 rings (SSSR count). The first-order chi connectivity index (χ1) is 8.19. The summed E-state index contributed by atoms with van der Waals surface area (Å²) in [6.07, 6.45) is 1.58. The molecule has 1 aromatic carbocycles. The summed E-state index contributed by atoms with van der Waals surface area (Å²) in [6, 6.07) is 8.87. The highest BCUT2D eigenvalue weighted by Crippen LogP contribution is 2.14. The molecular formula is C11H11N3O3. The van der Waals surface area contributed by atoms with E-state index in [0.717, 1.165) is 11.3 Å². The van der Waals surface area contributed by atoms with Gasteiger partial charge in [-0.05, 0) is 22.6 Å². The molecule has 0 N–H and O–H groups in total. The lowest BCUT2D eigenvalue weighted by Crippen LogP contribution is -2.01. The first kappa shape index (κ1) is 11.1. The predicted octanol–water partition coefficient (Wildman–Crippen LogP) is 1.85. The van der Waals surface area contributed by atoms with E-state index in [1.165, 1.54) is 10.7 Å². The van der Waals surface area contributed by atoms with Gasteiger partial charge in [-0.25, -0.2) is 0 Å². The van der Waals surface area contributed by atoms with Crippen LogP contribution in [0.4, 0.5) is 5.82 Å². The third-order valence-electron chi connectivity index (χ3n) is 2.29. The van der Waals surface area contributed by atoms with Crippen molar-refractivity contribution in [3.05, 3.63) is 52.2 Å². The van der Waals surface area contributed by atoms with Crippen molar-refractivity contribution in [2.75, 3.05) is 7.11 Å². The maximum absolute atomic E-state index is 10.5. The summed E-state index contributed by atoms with van der Waals surface area (Å²) < 4.78 is 6.62. The lowest BCUT2D eigenvalue weighted by Gasteiger charge is -2.02. The number of methoxy groups -OCH3 is 1. The van der Waals surface area contributed by atoms with Crippen molar-refractivity contribution in [1.29, 1.82) is 0 Å². The Balaban J connectivity index is 2.16. The zero-order valence-corrected chi connectivity index (χ0v) is 9.24. The van der Waals surface area contributed by atoms with E-state index in [1.54, 1.807) is 13.3 Å². The number of benzene rings is 1. The Morgan fingerprint density at radius 1 is 1.47 bits per heavy atom. The molecule has 6 nitrogen and oxygen atoms in total. The zero-order valence-electron chi connectivity index (χ0n) is 9.24. The van der Waals surface area contributed by atoms with Crippen LogP contribution in [0.1, 0.15) is 5.56 Å². The second-order valence-electron chi connectivity index (χ2n) is 3.48. The summed E-state index contributed by atoms with van der Waals surface area (Å²) in [4.78, 5) is 9.97. The molecule has 0 bridgehead atoms. The van der Waals surface area contributed by atoms with Crippen LogP contribution in [0.15, 0.2) is 36.5 Å². The van der Waals surface area contributed by atoms with Gasteiger partial charge in [0.2, 0.25) is 0 Å². The summed E-state index contributed by atoms with van der Waals surface area (Å²) in [6.45, 7) is 0.477. The molecule has 0 saturated heterocycles. The Kier molecular flexibility index (Phi) is 3.04. The molecule has 1 heterocycles. The number of nitro groups is 1. The molecule has 0 atom stereocenters. The van der Waals surface area contributed by atoms with Crippen LogP contribution in [0.3, 0.4) is 0 Å². The standard InChI is InChI=1S/C11H11N3O3/c1-17-10-4-2-3-9(7-10)8-13-6-5-11(12-13)14(15)16/h2-7H,8H2,1H3. The second-order valence-corrected chi connectivity index (χ2v) is 3.48. The molecule has 0 unspecified atom stereocenters. The van der Waals surface area contributed by atoms with Gasteiger partial charge in [0.1, 0.15) is 5.75 Å². The number of hydrogen-bond donors (Lipinski definition) is 0. The van der Waals surface area contributed by atoms with E-state index in [1.807, 2.05) is 24.3 Å². The van der Waals surface area contributed by atoms with Gasteiger partial charge in [-0.1, -0.05) is 12.1 Å². The molecule has 0 aliphatic rings. The van der Waals surface area contributed by atoms with Crippen LogP contribution in [0.5, 0.6) is 5.75 Å². The molecule has 0 aliphatic heterocycles. The molecular weight excluding hydrogens is 222 g/mol. The van der Waals surface area contributed by atoms with Crippen LogP contribution in [0, 0.1) is 10.1 Å². The number of aromatic nitrogens is 2. The molecule has 6 heteroatoms. The molecule has 88 valence electrons. The maximum atomic E-state index is 10.5. The lowest BCUT2D eigenvalue weighted by atomic mass is 10.2. The number of ether oxygens (including phenoxy) is 1. The van der Waals surface area contributed by atoms with E-state index in [-0.39, 0.29) is 5.82 Å². The Morgan fingerprint density at radius 2 is 2.29 bits per heavy atom. The van der Waals surface area contributed by atoms with Gasteiger partial charge in [0, 0.05) is 0 Å². The van der Waals surface area contributed by atoms with Crippen LogP contribution in [-0.4, -0.2) is 21.8 Å². The number of nitrogens with zero attached hydrogens (tertiary/aromatic N) is 3. The first-order valence-electron chi connectivity index (χ1n) is 5.00. The minimum absolute atomic E-state index is 0.145. The smallest absolute Gasteiger partial charge is 0.389 e. The van der Waals surface area contributed by atoms with Crippen LogP contribution < -0.4 is 4.74 Å². The van der Waals surface area contributed by atoms with E-state index >= 15 is 0 Å². The van der Waals surface area contributed by atoms with Crippen LogP contribution in [0.25, 0.3) is 0 Å². The molecule has 0 aliphatic carbocycles. The fourth-order valence-electron chi connectivity index (χ4n) is 1.49. The Bertz CT molecular complexity index is 536. The van der Waals surface area contributed by atoms with Crippen molar-refractivity contribution < 1.29 is 9.66 Å². The van der Waals surface area contributed by atoms with Crippen molar-refractivity contribution in [1.82, 2.24) is 9.78 Å². The van der Waals surface area contributed by atoms with Gasteiger partial charge >= 0.3 is 5.82 Å². The molecule has 1 aromatic heterocycles. The minimum Gasteiger partial charge on any atom is -0.497 e. The highest BCUT2D eigenvalue weighted by atomic mass is 16.6. The average molecular weight is 233 g/mol. The number of hydrogen-bond acceptors (Lipinski definition) is 4. The average Bonchev–Trinajstić information content (AvgIpc) is 2.78. The lowest BCUT2D eigenvalue weighted by molar-refractivity contribution is -0.389. The van der Waals surface area contributed by atoms with Crippen LogP contribution >= 0.6 is 0 Å². The quantitative estimate of drug-likeness (QED) is 0.596. The van der Waals surface area contributed by atoms with Crippen molar-refractivity contribution in [2.24, 2.45) is 0 Å². The Morgan fingerprint density at radius 3 is 2.94 bits per heavy atom. The second kappa shape index (κ2) is 4.65. The summed E-state index contributed by atoms with van der Waals surface area (Å²) in [7, 11) is 1.60. The van der Waals surface area contributed by atoms with Gasteiger partial charge in [0.05, 0.1) is 31.0 Å². The minimum atomic E-state index is -0.512. The van der Waals surface area contributed by atoms with Crippen molar-refractivity contribution in [2.45, 2.75) is 6.54 Å². The summed E-state index contributed by atoms with van der Waals surface area (Å²) in [5.74, 6) is 0.608. The van der Waals surface area contributed by atoms with Gasteiger partial charge < -0.3 is 14.9 Å². The van der Waals surface area contributed by atoms with Crippen molar-refractivity contribution >= 4 is 5.82 Å². The van der Waals surface area contributed by atoms with Gasteiger partial charge in [-0.2, -0.15) is 4.68 Å². The molecule has 0 fully saturated rings. The molecule has 17 heavy (non-hydrogen) atoms. The molecule has 0 saturated carbocycles. The maximum Gasteiger partial charge on any atom is 0.389 e. The third-order valence-corrected chi connectivity index (χ3v) is 2.29. The van der Waals surface area contributed by atoms with Gasteiger partial charge in [-0.15, -0.1) is 0 Å². The molecule has 0 spiro atoms. The largest absolute Gasteiger partial charge is 0.497 e. The van der Waals surface area contributed by atoms with E-state index in [4.69, 9.17) is 4.74 Å². The number of rotatable bonds is 4. The van der Waals surface area contributed by atoms with Gasteiger partial charge in [-0.3, -0.25) is 0 Å². The molecule has 2 aromatic rings. The van der Waals surface area contributed by atoms with E-state index in [9.17, 15) is 10.1 Å². The van der Waals surface area contributed by atoms with Crippen LogP contribution in [-0.2, 0) is 6.54 Å². The fourth-order valence-corrected chi connectivity index (χ4v) is 1.49. The Hall–Kier alpha value is -2.37. The van der Waals surface area contributed by atoms with E-state index in [2.05, 4.69) is 5.10 Å². The first-order valence-corrected chi connectivity index (χ1v) is 5.00. The van der Waals surface area contributed by atoms with Gasteiger partial charge in [0.15, 0.2) is 0 Å². The third kappa shape index (κ3) is 2.60. The van der Waals surface area contributed by atoms with E-state index < -0.39 is 4.92 Å². The summed E-state index contributed by atoms with van der Waals surface area (Å²) in [5.41, 5.74) is 0.974. The molecule has 0 radical (unpaired) electrons. The summed E-state index contributed by atoms with van der Waals surface area (Å²) in [5, 5.41) is 14.3. The highest BCUT2D eigenvalue weighted by molar-refractivity contribution is 5.28. The molecule has 0 amide bonds. The Labute approximate surface area is 97.6 Å². The predicted molar refractivity (Wildman–Crippen MR) is 61.0 cm³/mol. The normalized spacial score (nSPS) is 10.2. The highest BCUT2D eigenvalue weighted by Gasteiger charge is 2.10. The van der Waals surface area contributed by atoms with Crippen molar-refractivity contribution in [3.8, 4) is 5.75 Å². The fraction of sp³-hybridized carbons (Fsp3) is 0.182. The van der Waals surface area contributed by atoms with Gasteiger partial charge in [0.25, 0.3) is 0 Å². The monoisotopic (exact) mass is 233 g/mol. The SMILES string of the molecule is COc1cccc(Cn2ccc([N+](=O)[O-])n2)c1. The van der Waals surface area contributed by atoms with Crippen LogP contribution in [0.2, 0.25) is 0 Å². The van der Waals surface area contributed by atoms with Crippen molar-refractivity contribution in [3.63, 3.8) is 0 Å². The van der Waals surface area contributed by atoms with E-state index in [0.29, 0.717) is 6.54 Å². The zero-order chi connectivity index (χ0) is 12.3. The topological polar surface area (TPSA) is 70.2 Å².